The van der Waals surface area contributed by atoms with Gasteiger partial charge in [0.25, 0.3) is 0 Å². The Bertz CT molecular complexity index is 555. The third-order valence-electron chi connectivity index (χ3n) is 4.47. The van der Waals surface area contributed by atoms with E-state index in [1.165, 1.54) is 0 Å². The van der Waals surface area contributed by atoms with Crippen LogP contribution in [0.3, 0.4) is 0 Å². The Kier molecular flexibility index (Phi) is 3.84. The van der Waals surface area contributed by atoms with E-state index in [1.54, 1.807) is 16.4 Å². The smallest absolute Gasteiger partial charge is 0.243 e. The number of hydrogen-bond donors (Lipinski definition) is 0. The van der Waals surface area contributed by atoms with Crippen molar-refractivity contribution in [3.05, 3.63) is 29.8 Å². The highest BCUT2D eigenvalue weighted by atomic mass is 32.2. The van der Waals surface area contributed by atoms with Gasteiger partial charge in [-0.25, -0.2) is 8.42 Å². The van der Waals surface area contributed by atoms with Crippen LogP contribution < -0.4 is 0 Å². The molecule has 2 fully saturated rings. The number of ether oxygens (including phenoxy) is 1. The number of rotatable bonds is 3. The van der Waals surface area contributed by atoms with Crippen molar-refractivity contribution in [3.63, 3.8) is 0 Å². The van der Waals surface area contributed by atoms with Crippen LogP contribution in [0.15, 0.2) is 29.2 Å². The minimum absolute atomic E-state index is 0.411. The topological polar surface area (TPSA) is 46.6 Å². The third kappa shape index (κ3) is 2.62. The van der Waals surface area contributed by atoms with Gasteiger partial charge in [0.1, 0.15) is 0 Å². The lowest BCUT2D eigenvalue weighted by Crippen LogP contribution is -2.53. The van der Waals surface area contributed by atoms with Crippen LogP contribution in [-0.2, 0) is 14.8 Å². The van der Waals surface area contributed by atoms with Gasteiger partial charge in [0.05, 0.1) is 4.90 Å². The number of aryl methyl sites for hydroxylation is 1. The summed E-state index contributed by atoms with van der Waals surface area (Å²) in [5.41, 5.74) is 1.08. The molecular weight excluding hydrogens is 274 g/mol. The molecule has 2 aliphatic rings. The second kappa shape index (κ2) is 5.47. The van der Waals surface area contributed by atoms with Crippen LogP contribution in [-0.4, -0.2) is 39.0 Å². The van der Waals surface area contributed by atoms with Crippen molar-refractivity contribution in [2.24, 2.45) is 11.8 Å². The maximum absolute atomic E-state index is 12.5. The average Bonchev–Trinajstić information content (AvgIpc) is 2.38. The van der Waals surface area contributed by atoms with Crippen molar-refractivity contribution >= 4 is 10.0 Å². The second-order valence-corrected chi connectivity index (χ2v) is 7.78. The zero-order valence-electron chi connectivity index (χ0n) is 11.8. The predicted molar refractivity (Wildman–Crippen MR) is 77.0 cm³/mol. The number of nitrogens with zero attached hydrogens (tertiary/aromatic N) is 1. The number of benzene rings is 1. The fourth-order valence-electron chi connectivity index (χ4n) is 3.01. The highest BCUT2D eigenvalue weighted by Gasteiger charge is 2.40. The molecule has 2 aliphatic heterocycles. The highest BCUT2D eigenvalue weighted by Crippen LogP contribution is 2.34. The molecule has 0 unspecified atom stereocenters. The van der Waals surface area contributed by atoms with E-state index in [0.717, 1.165) is 31.6 Å². The molecule has 2 heterocycles. The van der Waals surface area contributed by atoms with Gasteiger partial charge in [-0.3, -0.25) is 0 Å². The third-order valence-corrected chi connectivity index (χ3v) is 6.31. The minimum Gasteiger partial charge on any atom is -0.381 e. The Balaban J connectivity index is 1.64. The van der Waals surface area contributed by atoms with Crippen LogP contribution in [0.1, 0.15) is 18.4 Å². The zero-order chi connectivity index (χ0) is 14.2. The Morgan fingerprint density at radius 1 is 1.05 bits per heavy atom. The van der Waals surface area contributed by atoms with Crippen molar-refractivity contribution in [1.29, 1.82) is 0 Å². The van der Waals surface area contributed by atoms with E-state index in [1.807, 2.05) is 19.1 Å². The maximum Gasteiger partial charge on any atom is 0.243 e. The molecular formula is C15H21NO3S. The van der Waals surface area contributed by atoms with Crippen molar-refractivity contribution in [3.8, 4) is 0 Å². The molecule has 110 valence electrons. The molecule has 0 amide bonds. The summed E-state index contributed by atoms with van der Waals surface area (Å²) in [5.74, 6) is 1.15. The maximum atomic E-state index is 12.5. The minimum atomic E-state index is -3.29. The molecule has 0 aliphatic carbocycles. The van der Waals surface area contributed by atoms with Gasteiger partial charge in [0.2, 0.25) is 10.0 Å². The van der Waals surface area contributed by atoms with E-state index >= 15 is 0 Å². The van der Waals surface area contributed by atoms with Crippen molar-refractivity contribution in [1.82, 2.24) is 4.31 Å². The molecule has 0 aromatic heterocycles. The van der Waals surface area contributed by atoms with Gasteiger partial charge in [-0.05, 0) is 43.7 Å². The van der Waals surface area contributed by atoms with Crippen LogP contribution in [0.25, 0.3) is 0 Å². The number of hydrogen-bond acceptors (Lipinski definition) is 3. The van der Waals surface area contributed by atoms with Crippen LogP contribution in [0.4, 0.5) is 0 Å². The molecule has 0 spiro atoms. The summed E-state index contributed by atoms with van der Waals surface area (Å²) in [4.78, 5) is 0.411. The Morgan fingerprint density at radius 3 is 2.25 bits per heavy atom. The monoisotopic (exact) mass is 295 g/mol. The van der Waals surface area contributed by atoms with E-state index in [2.05, 4.69) is 0 Å². The van der Waals surface area contributed by atoms with Gasteiger partial charge in [-0.1, -0.05) is 17.7 Å². The van der Waals surface area contributed by atoms with Gasteiger partial charge in [-0.15, -0.1) is 0 Å². The molecule has 1 aromatic rings. The first-order valence-corrected chi connectivity index (χ1v) is 8.66. The van der Waals surface area contributed by atoms with Crippen LogP contribution >= 0.6 is 0 Å². The lowest BCUT2D eigenvalue weighted by atomic mass is 9.82. The molecule has 4 nitrogen and oxygen atoms in total. The zero-order valence-corrected chi connectivity index (χ0v) is 12.6. The van der Waals surface area contributed by atoms with Crippen LogP contribution in [0.5, 0.6) is 0 Å². The molecule has 3 rings (SSSR count). The largest absolute Gasteiger partial charge is 0.381 e. The lowest BCUT2D eigenvalue weighted by molar-refractivity contribution is 0.0181. The molecule has 0 saturated carbocycles. The molecule has 0 N–H and O–H groups in total. The van der Waals surface area contributed by atoms with E-state index in [0.29, 0.717) is 29.8 Å². The van der Waals surface area contributed by atoms with Crippen molar-refractivity contribution in [2.45, 2.75) is 24.7 Å². The van der Waals surface area contributed by atoms with Gasteiger partial charge < -0.3 is 4.74 Å². The molecule has 5 heteroatoms. The summed E-state index contributed by atoms with van der Waals surface area (Å²) >= 11 is 0. The Morgan fingerprint density at radius 2 is 1.65 bits per heavy atom. The van der Waals surface area contributed by atoms with Gasteiger partial charge in [0.15, 0.2) is 0 Å². The first kappa shape index (κ1) is 14.0. The van der Waals surface area contributed by atoms with Crippen molar-refractivity contribution in [2.75, 3.05) is 26.3 Å². The van der Waals surface area contributed by atoms with E-state index < -0.39 is 10.0 Å². The van der Waals surface area contributed by atoms with Gasteiger partial charge in [0, 0.05) is 26.3 Å². The first-order chi connectivity index (χ1) is 9.57. The molecule has 0 radical (unpaired) electrons. The van der Waals surface area contributed by atoms with E-state index in [9.17, 15) is 8.42 Å². The van der Waals surface area contributed by atoms with Crippen LogP contribution in [0, 0.1) is 18.8 Å². The normalized spacial score (nSPS) is 22.6. The summed E-state index contributed by atoms with van der Waals surface area (Å²) in [5, 5.41) is 0. The SMILES string of the molecule is Cc1ccc(S(=O)(=O)N2CC(C3CCOCC3)C2)cc1. The average molecular weight is 295 g/mol. The quantitative estimate of drug-likeness (QED) is 0.857. The highest BCUT2D eigenvalue weighted by molar-refractivity contribution is 7.89. The number of sulfonamides is 1. The van der Waals surface area contributed by atoms with E-state index in [-0.39, 0.29) is 0 Å². The summed E-state index contributed by atoms with van der Waals surface area (Å²) in [7, 11) is -3.29. The van der Waals surface area contributed by atoms with Crippen LogP contribution in [0.2, 0.25) is 0 Å². The molecule has 1 aromatic carbocycles. The molecule has 20 heavy (non-hydrogen) atoms. The summed E-state index contributed by atoms with van der Waals surface area (Å²) in [6.45, 7) is 4.95. The fraction of sp³-hybridized carbons (Fsp3) is 0.600. The summed E-state index contributed by atoms with van der Waals surface area (Å²) in [6.07, 6.45) is 2.15. The fourth-order valence-corrected chi connectivity index (χ4v) is 4.56. The van der Waals surface area contributed by atoms with Crippen molar-refractivity contribution < 1.29 is 13.2 Å². The Labute approximate surface area is 120 Å². The first-order valence-electron chi connectivity index (χ1n) is 7.22. The molecule has 0 atom stereocenters. The van der Waals surface area contributed by atoms with Gasteiger partial charge in [-0.2, -0.15) is 4.31 Å². The standard InChI is InChI=1S/C15H21NO3S/c1-12-2-4-15(5-3-12)20(17,18)16-10-14(11-16)13-6-8-19-9-7-13/h2-5,13-14H,6-11H2,1H3. The van der Waals surface area contributed by atoms with Gasteiger partial charge >= 0.3 is 0 Å². The second-order valence-electron chi connectivity index (χ2n) is 5.84. The summed E-state index contributed by atoms with van der Waals surface area (Å²) in [6, 6.07) is 7.10. The molecule has 0 bridgehead atoms. The molecule has 2 saturated heterocycles. The summed E-state index contributed by atoms with van der Waals surface area (Å²) < 4.78 is 31.9. The van der Waals surface area contributed by atoms with E-state index in [4.69, 9.17) is 4.74 Å². The predicted octanol–water partition coefficient (Wildman–Crippen LogP) is 2.04. The lowest BCUT2D eigenvalue weighted by Gasteiger charge is -2.43. The Hall–Kier alpha value is -0.910.